The van der Waals surface area contributed by atoms with Gasteiger partial charge in [-0.15, -0.1) is 13.2 Å². The molecule has 1 aromatic rings. The van der Waals surface area contributed by atoms with Crippen LogP contribution < -0.4 is 4.74 Å². The number of rotatable bonds is 6. The smallest absolute Gasteiger partial charge is 0.406 e. The molecule has 0 saturated carbocycles. The summed E-state index contributed by atoms with van der Waals surface area (Å²) in [7, 11) is 0. The number of alkyl halides is 3. The Hall–Kier alpha value is -1.56. The molecule has 6 heteroatoms. The Balaban J connectivity index is 2.56. The third kappa shape index (κ3) is 5.18. The van der Waals surface area contributed by atoms with Crippen LogP contribution in [-0.2, 0) is 4.79 Å². The molecule has 0 heterocycles. The highest BCUT2D eigenvalue weighted by Gasteiger charge is 2.31. The van der Waals surface area contributed by atoms with Crippen molar-refractivity contribution in [3.8, 4) is 5.75 Å². The van der Waals surface area contributed by atoms with Crippen molar-refractivity contribution < 1.29 is 27.8 Å². The van der Waals surface area contributed by atoms with Crippen molar-refractivity contribution in [1.82, 2.24) is 0 Å². The molecular formula is C12H13F3O3. The van der Waals surface area contributed by atoms with E-state index in [2.05, 4.69) is 4.74 Å². The lowest BCUT2D eigenvalue weighted by molar-refractivity contribution is -0.274. The number of carbonyl (C=O) groups excluding carboxylic acids is 1. The van der Waals surface area contributed by atoms with Gasteiger partial charge in [0, 0.05) is 6.42 Å². The minimum absolute atomic E-state index is 0.327. The zero-order chi connectivity index (χ0) is 13.6. The molecule has 0 aliphatic carbocycles. The lowest BCUT2D eigenvalue weighted by atomic mass is 10.0. The van der Waals surface area contributed by atoms with Crippen LogP contribution in [0.5, 0.6) is 5.75 Å². The van der Waals surface area contributed by atoms with E-state index in [-0.39, 0.29) is 5.75 Å². The molecule has 1 unspecified atom stereocenters. The summed E-state index contributed by atoms with van der Waals surface area (Å²) in [5.74, 6) is -0.327. The van der Waals surface area contributed by atoms with Gasteiger partial charge >= 0.3 is 6.36 Å². The third-order valence-corrected chi connectivity index (χ3v) is 2.30. The van der Waals surface area contributed by atoms with Gasteiger partial charge in [-0.25, -0.2) is 0 Å². The van der Waals surface area contributed by atoms with Crippen LogP contribution in [0.15, 0.2) is 24.3 Å². The average Bonchev–Trinajstić information content (AvgIpc) is 2.28. The van der Waals surface area contributed by atoms with Gasteiger partial charge in [0.05, 0.1) is 6.10 Å². The molecule has 0 aliphatic heterocycles. The van der Waals surface area contributed by atoms with Gasteiger partial charge in [-0.2, -0.15) is 0 Å². The van der Waals surface area contributed by atoms with Crippen molar-refractivity contribution in [3.05, 3.63) is 29.8 Å². The van der Waals surface area contributed by atoms with E-state index in [1.54, 1.807) is 0 Å². The van der Waals surface area contributed by atoms with E-state index in [0.717, 1.165) is 18.4 Å². The molecule has 100 valence electrons. The number of aldehydes is 1. The van der Waals surface area contributed by atoms with Crippen molar-refractivity contribution in [2.24, 2.45) is 0 Å². The van der Waals surface area contributed by atoms with Gasteiger partial charge in [0.2, 0.25) is 0 Å². The zero-order valence-electron chi connectivity index (χ0n) is 9.48. The Morgan fingerprint density at radius 3 is 2.39 bits per heavy atom. The van der Waals surface area contributed by atoms with E-state index in [9.17, 15) is 23.1 Å². The topological polar surface area (TPSA) is 46.5 Å². The molecular weight excluding hydrogens is 249 g/mol. The summed E-state index contributed by atoms with van der Waals surface area (Å²) in [6, 6.07) is 5.02. The van der Waals surface area contributed by atoms with Crippen molar-refractivity contribution in [2.45, 2.75) is 31.7 Å². The maximum absolute atomic E-state index is 11.9. The van der Waals surface area contributed by atoms with Gasteiger partial charge in [-0.3, -0.25) is 0 Å². The third-order valence-electron chi connectivity index (χ3n) is 2.30. The number of ether oxygens (including phenoxy) is 1. The van der Waals surface area contributed by atoms with Crippen LogP contribution in [0.1, 0.15) is 30.9 Å². The summed E-state index contributed by atoms with van der Waals surface area (Å²) in [6.45, 7) is 0. The van der Waals surface area contributed by atoms with Crippen LogP contribution in [0, 0.1) is 0 Å². The second-order valence-electron chi connectivity index (χ2n) is 3.73. The number of halogens is 3. The van der Waals surface area contributed by atoms with E-state index in [0.29, 0.717) is 24.8 Å². The monoisotopic (exact) mass is 262 g/mol. The number of aliphatic hydroxyl groups excluding tert-OH is 1. The fourth-order valence-corrected chi connectivity index (χ4v) is 1.45. The molecule has 0 amide bonds. The first-order valence-corrected chi connectivity index (χ1v) is 5.40. The van der Waals surface area contributed by atoms with Crippen LogP contribution in [0.3, 0.4) is 0 Å². The van der Waals surface area contributed by atoms with Crippen LogP contribution in [-0.4, -0.2) is 17.8 Å². The maximum Gasteiger partial charge on any atom is 0.573 e. The summed E-state index contributed by atoms with van der Waals surface area (Å²) in [5.41, 5.74) is 0.496. The first kappa shape index (κ1) is 14.5. The molecule has 1 atom stereocenters. The SMILES string of the molecule is O=CCCCC(O)c1ccc(OC(F)(F)F)cc1. The van der Waals surface area contributed by atoms with Crippen molar-refractivity contribution in [1.29, 1.82) is 0 Å². The quantitative estimate of drug-likeness (QED) is 0.633. The molecule has 0 spiro atoms. The first-order chi connectivity index (χ1) is 8.42. The number of aliphatic hydroxyl groups is 1. The summed E-state index contributed by atoms with van der Waals surface area (Å²) in [6.07, 6.45) is -3.47. The largest absolute Gasteiger partial charge is 0.573 e. The second-order valence-corrected chi connectivity index (χ2v) is 3.73. The molecule has 0 aliphatic rings. The number of hydrogen-bond donors (Lipinski definition) is 1. The standard InChI is InChI=1S/C12H13F3O3/c13-12(14,15)18-10-6-4-9(5-7-10)11(17)3-1-2-8-16/h4-8,11,17H,1-3H2. The fourth-order valence-electron chi connectivity index (χ4n) is 1.45. The highest BCUT2D eigenvalue weighted by atomic mass is 19.4. The highest BCUT2D eigenvalue weighted by Crippen LogP contribution is 2.25. The molecule has 1 N–H and O–H groups in total. The predicted molar refractivity (Wildman–Crippen MR) is 58.0 cm³/mol. The van der Waals surface area contributed by atoms with Gasteiger partial charge in [-0.05, 0) is 30.5 Å². The Bertz CT molecular complexity index is 373. The number of unbranched alkanes of at least 4 members (excludes halogenated alkanes) is 1. The lowest BCUT2D eigenvalue weighted by Gasteiger charge is -2.12. The minimum Gasteiger partial charge on any atom is -0.406 e. The van der Waals surface area contributed by atoms with Crippen molar-refractivity contribution in [2.75, 3.05) is 0 Å². The summed E-state index contributed by atoms with van der Waals surface area (Å²) < 4.78 is 39.4. The summed E-state index contributed by atoms with van der Waals surface area (Å²) >= 11 is 0. The van der Waals surface area contributed by atoms with Crippen LogP contribution in [0.4, 0.5) is 13.2 Å². The Morgan fingerprint density at radius 1 is 1.28 bits per heavy atom. The van der Waals surface area contributed by atoms with Gasteiger partial charge in [0.25, 0.3) is 0 Å². The number of carbonyl (C=O) groups is 1. The first-order valence-electron chi connectivity index (χ1n) is 5.40. The number of hydrogen-bond acceptors (Lipinski definition) is 3. The Labute approximate surface area is 102 Å². The molecule has 18 heavy (non-hydrogen) atoms. The molecule has 0 bridgehead atoms. The average molecular weight is 262 g/mol. The fraction of sp³-hybridized carbons (Fsp3) is 0.417. The summed E-state index contributed by atoms with van der Waals surface area (Å²) in [4.78, 5) is 10.1. The lowest BCUT2D eigenvalue weighted by Crippen LogP contribution is -2.17. The van der Waals surface area contributed by atoms with Crippen LogP contribution >= 0.6 is 0 Å². The summed E-state index contributed by atoms with van der Waals surface area (Å²) in [5, 5.41) is 9.69. The van der Waals surface area contributed by atoms with Gasteiger partial charge in [-0.1, -0.05) is 12.1 Å². The second kappa shape index (κ2) is 6.39. The van der Waals surface area contributed by atoms with E-state index in [1.165, 1.54) is 12.1 Å². The van der Waals surface area contributed by atoms with E-state index in [4.69, 9.17) is 0 Å². The zero-order valence-corrected chi connectivity index (χ0v) is 9.48. The minimum atomic E-state index is -4.72. The van der Waals surface area contributed by atoms with Gasteiger partial charge in [0.1, 0.15) is 12.0 Å². The molecule has 0 aromatic heterocycles. The van der Waals surface area contributed by atoms with Gasteiger partial charge < -0.3 is 14.6 Å². The molecule has 0 radical (unpaired) electrons. The molecule has 0 saturated heterocycles. The predicted octanol–water partition coefficient (Wildman–Crippen LogP) is 2.99. The van der Waals surface area contributed by atoms with Crippen molar-refractivity contribution in [3.63, 3.8) is 0 Å². The van der Waals surface area contributed by atoms with Crippen LogP contribution in [0.2, 0.25) is 0 Å². The van der Waals surface area contributed by atoms with Crippen LogP contribution in [0.25, 0.3) is 0 Å². The molecule has 0 fully saturated rings. The molecule has 1 rings (SSSR count). The maximum atomic E-state index is 11.9. The molecule has 1 aromatic carbocycles. The Kier molecular flexibility index (Phi) is 5.15. The number of benzene rings is 1. The van der Waals surface area contributed by atoms with E-state index < -0.39 is 12.5 Å². The highest BCUT2D eigenvalue weighted by molar-refractivity contribution is 5.49. The van der Waals surface area contributed by atoms with Crippen molar-refractivity contribution >= 4 is 6.29 Å². The Morgan fingerprint density at radius 2 is 1.89 bits per heavy atom. The molecule has 3 nitrogen and oxygen atoms in total. The van der Waals surface area contributed by atoms with Gasteiger partial charge in [0.15, 0.2) is 0 Å². The van der Waals surface area contributed by atoms with E-state index in [1.807, 2.05) is 0 Å². The normalized spacial score (nSPS) is 13.1. The van der Waals surface area contributed by atoms with E-state index >= 15 is 0 Å².